The molecule has 0 spiro atoms. The maximum absolute atomic E-state index is 12.6. The summed E-state index contributed by atoms with van der Waals surface area (Å²) in [6.45, 7) is 3.80. The van der Waals surface area contributed by atoms with Gasteiger partial charge in [0.05, 0.1) is 6.61 Å². The van der Waals surface area contributed by atoms with Crippen molar-refractivity contribution in [1.82, 2.24) is 0 Å². The predicted octanol–water partition coefficient (Wildman–Crippen LogP) is 26.9. The predicted molar refractivity (Wildman–Crippen MR) is 373 cm³/mol. The molecule has 0 aromatic rings. The van der Waals surface area contributed by atoms with Crippen molar-refractivity contribution in [3.8, 4) is 0 Å². The molecule has 0 saturated heterocycles. The largest absolute Gasteiger partial charge is 0.469 e. The minimum atomic E-state index is -4.77. The minimum absolute atomic E-state index is 0.222. The molecule has 0 aliphatic carbocycles. The summed E-state index contributed by atoms with van der Waals surface area (Å²) in [7, 11) is -4.77. The zero-order chi connectivity index (χ0) is 62.3. The number of ether oxygens (including phenoxy) is 2. The highest BCUT2D eigenvalue weighted by Gasteiger charge is 2.23. The van der Waals surface area contributed by atoms with Crippen LogP contribution in [0.3, 0.4) is 0 Å². The number of phosphoric ester groups is 1. The van der Waals surface area contributed by atoms with E-state index in [1.807, 2.05) is 0 Å². The van der Waals surface area contributed by atoms with Crippen LogP contribution < -0.4 is 0 Å². The first-order valence-electron chi connectivity index (χ1n) is 39.3. The third-order valence-electron chi connectivity index (χ3n) is 18.6. The monoisotopic (exact) mass is 1240 g/mol. The van der Waals surface area contributed by atoms with Crippen molar-refractivity contribution in [3.05, 3.63) is 0 Å². The van der Waals surface area contributed by atoms with Gasteiger partial charge in [-0.25, -0.2) is 4.57 Å². The summed E-state index contributed by atoms with van der Waals surface area (Å²) < 4.78 is 26.8. The van der Waals surface area contributed by atoms with Gasteiger partial charge in [0.25, 0.3) is 0 Å². The first-order chi connectivity index (χ1) is 42.3. The quantitative estimate of drug-likeness (QED) is 0.0351. The van der Waals surface area contributed by atoms with E-state index in [1.165, 1.54) is 398 Å². The molecule has 1 atom stereocenters. The van der Waals surface area contributed by atoms with Gasteiger partial charge < -0.3 is 19.3 Å². The summed E-state index contributed by atoms with van der Waals surface area (Å²) in [5, 5.41) is 0. The van der Waals surface area contributed by atoms with Crippen molar-refractivity contribution in [2.24, 2.45) is 0 Å². The SMILES string of the molecule is CCCCCCCCCCCCCCCCCCCCCCCCCCCCCCCCCCCCC(=O)OC[C@H](COP(=O)(O)O)OC(=O)CCCCCCCCCCCCCCCCCCCCCCCCCCCCCCCCCCCC. The Labute approximate surface area is 537 Å². The molecule has 0 heterocycles. The summed E-state index contributed by atoms with van der Waals surface area (Å²) >= 11 is 0. The molecule has 9 heteroatoms. The zero-order valence-corrected chi connectivity index (χ0v) is 59.2. The Morgan fingerprint density at radius 1 is 0.256 bits per heavy atom. The van der Waals surface area contributed by atoms with E-state index in [9.17, 15) is 23.9 Å². The van der Waals surface area contributed by atoms with Crippen molar-refractivity contribution in [1.29, 1.82) is 0 Å². The summed E-state index contributed by atoms with van der Waals surface area (Å²) in [4.78, 5) is 43.6. The van der Waals surface area contributed by atoms with Gasteiger partial charge in [0.15, 0.2) is 6.10 Å². The van der Waals surface area contributed by atoms with E-state index >= 15 is 0 Å². The van der Waals surface area contributed by atoms with Crippen LogP contribution in [-0.4, -0.2) is 41.0 Å². The molecule has 8 nitrogen and oxygen atoms in total. The molecule has 0 fully saturated rings. The lowest BCUT2D eigenvalue weighted by molar-refractivity contribution is -0.161. The fourth-order valence-electron chi connectivity index (χ4n) is 12.8. The van der Waals surface area contributed by atoms with Crippen LogP contribution in [0.4, 0.5) is 0 Å². The van der Waals surface area contributed by atoms with Gasteiger partial charge in [0.2, 0.25) is 0 Å². The third kappa shape index (κ3) is 75.5. The van der Waals surface area contributed by atoms with Crippen molar-refractivity contribution in [2.45, 2.75) is 469 Å². The number of rotatable bonds is 76. The molecule has 0 aromatic heterocycles. The number of hydrogen-bond donors (Lipinski definition) is 2. The average molecular weight is 1240 g/mol. The molecule has 86 heavy (non-hydrogen) atoms. The van der Waals surface area contributed by atoms with Crippen LogP contribution in [0.15, 0.2) is 0 Å². The topological polar surface area (TPSA) is 119 Å². The van der Waals surface area contributed by atoms with E-state index in [1.54, 1.807) is 0 Å². The molecule has 0 bridgehead atoms. The number of unbranched alkanes of at least 4 members (excludes halogenated alkanes) is 66. The fourth-order valence-corrected chi connectivity index (χ4v) is 13.2. The highest BCUT2D eigenvalue weighted by atomic mass is 31.2. The highest BCUT2D eigenvalue weighted by molar-refractivity contribution is 7.46. The van der Waals surface area contributed by atoms with E-state index in [0.717, 1.165) is 32.1 Å². The normalized spacial score (nSPS) is 12.2. The number of carbonyl (C=O) groups is 2. The van der Waals surface area contributed by atoms with Gasteiger partial charge in [0.1, 0.15) is 6.61 Å². The Hall–Kier alpha value is -0.950. The first-order valence-corrected chi connectivity index (χ1v) is 40.9. The highest BCUT2D eigenvalue weighted by Crippen LogP contribution is 2.36. The second-order valence-corrected chi connectivity index (χ2v) is 28.7. The molecule has 0 aromatic carbocycles. The van der Waals surface area contributed by atoms with Gasteiger partial charge >= 0.3 is 19.8 Å². The minimum Gasteiger partial charge on any atom is -0.462 e. The van der Waals surface area contributed by atoms with Crippen LogP contribution in [0.2, 0.25) is 0 Å². The van der Waals surface area contributed by atoms with E-state index in [2.05, 4.69) is 18.4 Å². The number of carbonyl (C=O) groups excluding carboxylic acids is 2. The van der Waals surface area contributed by atoms with E-state index in [4.69, 9.17) is 9.47 Å². The molecular weight excluding hydrogens is 1080 g/mol. The molecule has 0 rings (SSSR count). The lowest BCUT2D eigenvalue weighted by atomic mass is 10.0. The molecule has 0 amide bonds. The average Bonchev–Trinajstić information content (AvgIpc) is 3.53. The Balaban J connectivity index is 3.56. The Kier molecular flexibility index (Phi) is 72.3. The fraction of sp³-hybridized carbons (Fsp3) is 0.974. The number of hydrogen-bond acceptors (Lipinski definition) is 6. The van der Waals surface area contributed by atoms with Crippen LogP contribution in [0.25, 0.3) is 0 Å². The Bertz CT molecular complexity index is 1350. The van der Waals surface area contributed by atoms with Crippen LogP contribution in [-0.2, 0) is 28.2 Å². The smallest absolute Gasteiger partial charge is 0.462 e. The summed E-state index contributed by atoms with van der Waals surface area (Å²) in [6.07, 6.45) is 92.4. The second kappa shape index (κ2) is 73.1. The Morgan fingerprint density at radius 3 is 0.593 bits per heavy atom. The van der Waals surface area contributed by atoms with Crippen LogP contribution in [0.1, 0.15) is 463 Å². The number of phosphoric acid groups is 1. The van der Waals surface area contributed by atoms with Crippen molar-refractivity contribution >= 4 is 19.8 Å². The molecule has 0 saturated carbocycles. The molecular formula is C77H153O8P. The van der Waals surface area contributed by atoms with Crippen molar-refractivity contribution in [3.63, 3.8) is 0 Å². The first kappa shape index (κ1) is 85.0. The van der Waals surface area contributed by atoms with Crippen molar-refractivity contribution in [2.75, 3.05) is 13.2 Å². The van der Waals surface area contributed by atoms with Crippen LogP contribution >= 0.6 is 7.82 Å². The van der Waals surface area contributed by atoms with Gasteiger partial charge in [-0.1, -0.05) is 438 Å². The zero-order valence-electron chi connectivity index (χ0n) is 58.3. The lowest BCUT2D eigenvalue weighted by Crippen LogP contribution is -2.29. The molecule has 0 aliphatic heterocycles. The van der Waals surface area contributed by atoms with Gasteiger partial charge in [-0.2, -0.15) is 0 Å². The number of esters is 2. The van der Waals surface area contributed by atoms with E-state index in [-0.39, 0.29) is 25.4 Å². The molecule has 0 aliphatic rings. The lowest BCUT2D eigenvalue weighted by Gasteiger charge is -2.18. The summed E-state index contributed by atoms with van der Waals surface area (Å²) in [5.41, 5.74) is 0. The van der Waals surface area contributed by atoms with Gasteiger partial charge in [-0.15, -0.1) is 0 Å². The van der Waals surface area contributed by atoms with Gasteiger partial charge in [-0.05, 0) is 12.8 Å². The summed E-state index contributed by atoms with van der Waals surface area (Å²) in [6, 6.07) is 0. The molecule has 514 valence electrons. The van der Waals surface area contributed by atoms with Crippen molar-refractivity contribution < 1.29 is 37.9 Å². The molecule has 0 unspecified atom stereocenters. The standard InChI is InChI=1S/C77H153O8P/c1-3-5-7-9-11-13-15-17-19-21-23-25-27-29-31-33-35-37-39-41-43-45-47-49-51-53-55-57-59-61-63-65-67-69-71-76(78)83-73-75(74-84-86(80,81)82)85-77(79)72-70-68-66-64-62-60-58-56-54-52-50-48-46-44-42-40-38-36-34-32-30-28-26-24-22-20-18-16-14-12-10-8-6-4-2/h75H,3-74H2,1-2H3,(H2,80,81,82)/t75-/m1/s1. The van der Waals surface area contributed by atoms with E-state index < -0.39 is 26.5 Å². The van der Waals surface area contributed by atoms with Gasteiger partial charge in [-0.3, -0.25) is 14.1 Å². The van der Waals surface area contributed by atoms with Gasteiger partial charge in [0, 0.05) is 12.8 Å². The summed E-state index contributed by atoms with van der Waals surface area (Å²) in [5.74, 6) is -0.850. The Morgan fingerprint density at radius 2 is 0.419 bits per heavy atom. The van der Waals surface area contributed by atoms with Crippen LogP contribution in [0, 0.1) is 0 Å². The second-order valence-electron chi connectivity index (χ2n) is 27.4. The molecule has 0 radical (unpaired) electrons. The maximum Gasteiger partial charge on any atom is 0.469 e. The maximum atomic E-state index is 12.6. The third-order valence-corrected chi connectivity index (χ3v) is 19.1. The van der Waals surface area contributed by atoms with E-state index in [0.29, 0.717) is 6.42 Å². The molecule has 2 N–H and O–H groups in total. The van der Waals surface area contributed by atoms with Crippen LogP contribution in [0.5, 0.6) is 0 Å².